The van der Waals surface area contributed by atoms with E-state index in [4.69, 9.17) is 15.2 Å². The molecule has 7 nitrogen and oxygen atoms in total. The molecule has 1 aromatic carbocycles. The summed E-state index contributed by atoms with van der Waals surface area (Å²) in [6.45, 7) is 6.02. The molecule has 0 aromatic heterocycles. The van der Waals surface area contributed by atoms with Crippen molar-refractivity contribution in [1.82, 2.24) is 0 Å². The highest BCUT2D eigenvalue weighted by Crippen LogP contribution is 2.26. The number of nitrogen functional groups attached to an aromatic ring is 1. The van der Waals surface area contributed by atoms with Gasteiger partial charge >= 0.3 is 5.97 Å². The normalized spacial score (nSPS) is 11.1. The van der Waals surface area contributed by atoms with Gasteiger partial charge in [0.25, 0.3) is 5.69 Å². The SMILES string of the molecule is CC(C)(C)OC(=O)CCCCCCOc1ccc(N)c([N+](=O)[O-])c1. The number of hydrogen-bond acceptors (Lipinski definition) is 6. The average Bonchev–Trinajstić information content (AvgIpc) is 2.45. The van der Waals surface area contributed by atoms with Crippen molar-refractivity contribution in [3.05, 3.63) is 28.3 Å². The lowest BCUT2D eigenvalue weighted by Gasteiger charge is -2.19. The van der Waals surface area contributed by atoms with Crippen molar-refractivity contribution in [1.29, 1.82) is 0 Å². The van der Waals surface area contributed by atoms with E-state index in [2.05, 4.69) is 0 Å². The highest BCUT2D eigenvalue weighted by atomic mass is 16.6. The molecule has 1 aromatic rings. The number of rotatable bonds is 9. The van der Waals surface area contributed by atoms with Crippen LogP contribution in [0.1, 0.15) is 52.9 Å². The van der Waals surface area contributed by atoms with Gasteiger partial charge in [-0.3, -0.25) is 14.9 Å². The third-order valence-electron chi connectivity index (χ3n) is 3.16. The fraction of sp³-hybridized carbons (Fsp3) is 0.588. The number of carbonyl (C=O) groups excluding carboxylic acids is 1. The van der Waals surface area contributed by atoms with Crippen LogP contribution in [0.2, 0.25) is 0 Å². The van der Waals surface area contributed by atoms with Crippen LogP contribution in [0.4, 0.5) is 11.4 Å². The van der Waals surface area contributed by atoms with E-state index in [-0.39, 0.29) is 17.3 Å². The van der Waals surface area contributed by atoms with Crippen LogP contribution in [0, 0.1) is 10.1 Å². The Morgan fingerprint density at radius 3 is 2.50 bits per heavy atom. The standard InChI is InChI=1S/C17H26N2O5/c1-17(2,3)24-16(20)8-6-4-5-7-11-23-13-9-10-14(18)15(12-13)19(21)22/h9-10,12H,4-8,11,18H2,1-3H3. The van der Waals surface area contributed by atoms with Crippen LogP contribution >= 0.6 is 0 Å². The molecule has 0 aliphatic heterocycles. The molecule has 0 heterocycles. The van der Waals surface area contributed by atoms with E-state index in [1.54, 1.807) is 6.07 Å². The van der Waals surface area contributed by atoms with Crippen LogP contribution in [-0.2, 0) is 9.53 Å². The molecule has 1 rings (SSSR count). The zero-order valence-corrected chi connectivity index (χ0v) is 14.5. The first-order chi connectivity index (χ1) is 11.2. The number of benzene rings is 1. The lowest BCUT2D eigenvalue weighted by Crippen LogP contribution is -2.23. The monoisotopic (exact) mass is 338 g/mol. The maximum atomic E-state index is 11.5. The summed E-state index contributed by atoms with van der Waals surface area (Å²) in [5.41, 5.74) is 5.06. The van der Waals surface area contributed by atoms with Gasteiger partial charge in [0.05, 0.1) is 17.6 Å². The maximum Gasteiger partial charge on any atom is 0.306 e. The summed E-state index contributed by atoms with van der Waals surface area (Å²) in [6.07, 6.45) is 3.83. The minimum atomic E-state index is -0.529. The van der Waals surface area contributed by atoms with E-state index in [0.717, 1.165) is 25.7 Å². The Morgan fingerprint density at radius 1 is 1.21 bits per heavy atom. The number of nitro groups is 1. The summed E-state index contributed by atoms with van der Waals surface area (Å²) in [6, 6.07) is 4.41. The Bertz CT molecular complexity index is 567. The number of carbonyl (C=O) groups is 1. The van der Waals surface area contributed by atoms with Crippen LogP contribution in [-0.4, -0.2) is 23.1 Å². The number of nitrogens with zero attached hydrogens (tertiary/aromatic N) is 1. The van der Waals surface area contributed by atoms with Gasteiger partial charge in [-0.25, -0.2) is 0 Å². The molecule has 2 N–H and O–H groups in total. The van der Waals surface area contributed by atoms with Gasteiger partial charge < -0.3 is 15.2 Å². The summed E-state index contributed by atoms with van der Waals surface area (Å²) in [4.78, 5) is 21.8. The van der Waals surface area contributed by atoms with E-state index in [1.165, 1.54) is 12.1 Å². The quantitative estimate of drug-likeness (QED) is 0.241. The maximum absolute atomic E-state index is 11.5. The second kappa shape index (κ2) is 9.10. The van der Waals surface area contributed by atoms with Gasteiger partial charge in [-0.2, -0.15) is 0 Å². The van der Waals surface area contributed by atoms with Crippen LogP contribution in [0.5, 0.6) is 5.75 Å². The van der Waals surface area contributed by atoms with Crippen LogP contribution < -0.4 is 10.5 Å². The van der Waals surface area contributed by atoms with Gasteiger partial charge in [0.2, 0.25) is 0 Å². The van der Waals surface area contributed by atoms with Crippen LogP contribution in [0.3, 0.4) is 0 Å². The number of esters is 1. The zero-order valence-electron chi connectivity index (χ0n) is 14.5. The second-order valence-corrected chi connectivity index (χ2v) is 6.58. The molecule has 0 radical (unpaired) electrons. The molecule has 24 heavy (non-hydrogen) atoms. The molecular weight excluding hydrogens is 312 g/mol. The van der Waals surface area contributed by atoms with Crippen molar-refractivity contribution in [2.24, 2.45) is 0 Å². The van der Waals surface area contributed by atoms with Gasteiger partial charge in [0.1, 0.15) is 17.0 Å². The molecule has 0 amide bonds. The number of hydrogen-bond donors (Lipinski definition) is 1. The van der Waals surface area contributed by atoms with Gasteiger partial charge in [0.15, 0.2) is 0 Å². The number of ether oxygens (including phenoxy) is 2. The largest absolute Gasteiger partial charge is 0.493 e. The molecule has 7 heteroatoms. The van der Waals surface area contributed by atoms with E-state index in [1.807, 2.05) is 20.8 Å². The molecule has 0 fully saturated rings. The summed E-state index contributed by atoms with van der Waals surface area (Å²) in [5.74, 6) is 0.262. The van der Waals surface area contributed by atoms with Crippen molar-refractivity contribution in [2.75, 3.05) is 12.3 Å². The second-order valence-electron chi connectivity index (χ2n) is 6.58. The van der Waals surface area contributed by atoms with Crippen molar-refractivity contribution in [2.45, 2.75) is 58.5 Å². The molecule has 0 aliphatic rings. The van der Waals surface area contributed by atoms with Gasteiger partial charge in [-0.1, -0.05) is 12.8 Å². The first kappa shape index (κ1) is 19.7. The predicted octanol–water partition coefficient (Wildman–Crippen LogP) is 3.85. The lowest BCUT2D eigenvalue weighted by molar-refractivity contribution is -0.384. The van der Waals surface area contributed by atoms with Crippen molar-refractivity contribution < 1.29 is 19.2 Å². The van der Waals surface area contributed by atoms with E-state index in [9.17, 15) is 14.9 Å². The minimum absolute atomic E-state index is 0.120. The zero-order chi connectivity index (χ0) is 18.2. The molecule has 0 spiro atoms. The summed E-state index contributed by atoms with van der Waals surface area (Å²) in [7, 11) is 0. The Balaban J connectivity index is 2.18. The third kappa shape index (κ3) is 7.80. The molecule has 0 atom stereocenters. The fourth-order valence-electron chi connectivity index (χ4n) is 2.08. The highest BCUT2D eigenvalue weighted by Gasteiger charge is 2.15. The first-order valence-corrected chi connectivity index (χ1v) is 8.07. The fourth-order valence-corrected chi connectivity index (χ4v) is 2.08. The first-order valence-electron chi connectivity index (χ1n) is 8.07. The Hall–Kier alpha value is -2.31. The number of unbranched alkanes of at least 4 members (excludes halogenated alkanes) is 3. The van der Waals surface area contributed by atoms with Gasteiger partial charge in [0, 0.05) is 6.42 Å². The van der Waals surface area contributed by atoms with E-state index < -0.39 is 10.5 Å². The topological polar surface area (TPSA) is 105 Å². The number of nitro benzene ring substituents is 1. The molecule has 0 unspecified atom stereocenters. The van der Waals surface area contributed by atoms with Gasteiger partial charge in [-0.05, 0) is 45.7 Å². The van der Waals surface area contributed by atoms with Crippen molar-refractivity contribution >= 4 is 17.3 Å². The summed E-state index contributed by atoms with van der Waals surface area (Å²) in [5, 5.41) is 10.8. The highest BCUT2D eigenvalue weighted by molar-refractivity contribution is 5.69. The molecule has 0 bridgehead atoms. The molecule has 134 valence electrons. The van der Waals surface area contributed by atoms with E-state index in [0.29, 0.717) is 18.8 Å². The minimum Gasteiger partial charge on any atom is -0.493 e. The van der Waals surface area contributed by atoms with Crippen LogP contribution in [0.15, 0.2) is 18.2 Å². The van der Waals surface area contributed by atoms with Crippen molar-refractivity contribution in [3.8, 4) is 5.75 Å². The number of nitrogens with two attached hydrogens (primary N) is 1. The lowest BCUT2D eigenvalue weighted by atomic mass is 10.1. The van der Waals surface area contributed by atoms with Crippen molar-refractivity contribution in [3.63, 3.8) is 0 Å². The Morgan fingerprint density at radius 2 is 1.88 bits per heavy atom. The smallest absolute Gasteiger partial charge is 0.306 e. The Kier molecular flexibility index (Phi) is 7.48. The summed E-state index contributed by atoms with van der Waals surface area (Å²) < 4.78 is 10.7. The number of anilines is 1. The third-order valence-corrected chi connectivity index (χ3v) is 3.16. The Labute approximate surface area is 142 Å². The average molecular weight is 338 g/mol. The molecule has 0 saturated heterocycles. The van der Waals surface area contributed by atoms with Crippen LogP contribution in [0.25, 0.3) is 0 Å². The molecular formula is C17H26N2O5. The van der Waals surface area contributed by atoms with E-state index >= 15 is 0 Å². The predicted molar refractivity (Wildman–Crippen MR) is 91.9 cm³/mol. The van der Waals surface area contributed by atoms with Gasteiger partial charge in [-0.15, -0.1) is 0 Å². The summed E-state index contributed by atoms with van der Waals surface area (Å²) >= 11 is 0. The molecule has 0 saturated carbocycles. The molecule has 0 aliphatic carbocycles.